The summed E-state index contributed by atoms with van der Waals surface area (Å²) >= 11 is 5.10. The molecule has 146 valence electrons. The van der Waals surface area contributed by atoms with Crippen LogP contribution in [0, 0.1) is 12.7 Å². The number of rotatable bonds is 4. The van der Waals surface area contributed by atoms with Crippen molar-refractivity contribution in [2.45, 2.75) is 6.92 Å². The third kappa shape index (κ3) is 5.24. The maximum Gasteiger partial charge on any atom is 0.260 e. The van der Waals surface area contributed by atoms with E-state index in [0.29, 0.717) is 16.9 Å². The summed E-state index contributed by atoms with van der Waals surface area (Å²) in [5, 5.41) is 8.14. The maximum absolute atomic E-state index is 13.7. The van der Waals surface area contributed by atoms with Gasteiger partial charge in [0.15, 0.2) is 5.11 Å². The summed E-state index contributed by atoms with van der Waals surface area (Å²) in [7, 11) is 0. The normalized spacial score (nSPS) is 10.1. The standard InChI is InChI=1S/C22H18FN3O2S/c1-14-6-2-3-7-17(14)20(27)24-15-10-12-16(13-11-15)25-22(29)26-21(28)18-8-4-5-9-19(18)23/h2-13H,1H3,(H,24,27)(H2,25,26,28,29). The minimum atomic E-state index is -0.636. The van der Waals surface area contributed by atoms with Gasteiger partial charge in [-0.05, 0) is 67.2 Å². The molecule has 0 spiro atoms. The van der Waals surface area contributed by atoms with Gasteiger partial charge in [-0.15, -0.1) is 0 Å². The molecule has 0 aliphatic rings. The number of amides is 2. The highest BCUT2D eigenvalue weighted by Gasteiger charge is 2.12. The Bertz CT molecular complexity index is 1070. The molecule has 7 heteroatoms. The number of aryl methyl sites for hydroxylation is 1. The topological polar surface area (TPSA) is 70.2 Å². The van der Waals surface area contributed by atoms with Crippen LogP contribution in [0.3, 0.4) is 0 Å². The summed E-state index contributed by atoms with van der Waals surface area (Å²) in [4.78, 5) is 24.4. The van der Waals surface area contributed by atoms with Gasteiger partial charge >= 0.3 is 0 Å². The summed E-state index contributed by atoms with van der Waals surface area (Å²) in [6.07, 6.45) is 0. The fourth-order valence-electron chi connectivity index (χ4n) is 2.64. The van der Waals surface area contributed by atoms with Crippen molar-refractivity contribution < 1.29 is 14.0 Å². The monoisotopic (exact) mass is 407 g/mol. The molecule has 0 aromatic heterocycles. The van der Waals surface area contributed by atoms with E-state index in [2.05, 4.69) is 16.0 Å². The summed E-state index contributed by atoms with van der Waals surface area (Å²) in [6.45, 7) is 1.87. The first-order chi connectivity index (χ1) is 13.9. The molecule has 0 radical (unpaired) electrons. The van der Waals surface area contributed by atoms with E-state index in [-0.39, 0.29) is 16.6 Å². The highest BCUT2D eigenvalue weighted by atomic mass is 32.1. The summed E-state index contributed by atoms with van der Waals surface area (Å²) in [5.41, 5.74) is 2.62. The van der Waals surface area contributed by atoms with Crippen LogP contribution in [0.2, 0.25) is 0 Å². The second-order valence-electron chi connectivity index (χ2n) is 6.23. The zero-order valence-corrected chi connectivity index (χ0v) is 16.3. The maximum atomic E-state index is 13.7. The van der Waals surface area contributed by atoms with Gasteiger partial charge in [-0.2, -0.15) is 0 Å². The molecular formula is C22H18FN3O2S. The van der Waals surface area contributed by atoms with Crippen molar-refractivity contribution in [2.75, 3.05) is 10.6 Å². The Kier molecular flexibility index (Phi) is 6.31. The van der Waals surface area contributed by atoms with Gasteiger partial charge in [0.1, 0.15) is 5.82 Å². The van der Waals surface area contributed by atoms with Gasteiger partial charge < -0.3 is 10.6 Å². The van der Waals surface area contributed by atoms with Crippen molar-refractivity contribution in [3.8, 4) is 0 Å². The minimum absolute atomic E-state index is 0.0370. The van der Waals surface area contributed by atoms with Gasteiger partial charge in [0.2, 0.25) is 0 Å². The Labute approximate surface area is 173 Å². The molecular weight excluding hydrogens is 389 g/mol. The lowest BCUT2D eigenvalue weighted by Gasteiger charge is -2.11. The molecule has 3 aromatic rings. The quantitative estimate of drug-likeness (QED) is 0.557. The van der Waals surface area contributed by atoms with Crippen molar-refractivity contribution in [3.05, 3.63) is 95.3 Å². The summed E-state index contributed by atoms with van der Waals surface area (Å²) < 4.78 is 13.7. The van der Waals surface area contributed by atoms with Crippen LogP contribution in [0.5, 0.6) is 0 Å². The molecule has 0 fully saturated rings. The molecule has 29 heavy (non-hydrogen) atoms. The number of thiocarbonyl (C=S) groups is 1. The number of carbonyl (C=O) groups excluding carboxylic acids is 2. The molecule has 0 saturated carbocycles. The molecule has 3 aromatic carbocycles. The Morgan fingerprint density at radius 3 is 1.93 bits per heavy atom. The predicted molar refractivity (Wildman–Crippen MR) is 116 cm³/mol. The van der Waals surface area contributed by atoms with Crippen LogP contribution in [0.25, 0.3) is 0 Å². The second kappa shape index (κ2) is 9.07. The van der Waals surface area contributed by atoms with E-state index in [1.807, 2.05) is 25.1 Å². The van der Waals surface area contributed by atoms with Crippen LogP contribution in [0.1, 0.15) is 26.3 Å². The first kappa shape index (κ1) is 20.2. The molecule has 0 aliphatic heterocycles. The van der Waals surface area contributed by atoms with Crippen LogP contribution in [-0.4, -0.2) is 16.9 Å². The van der Waals surface area contributed by atoms with Crippen molar-refractivity contribution >= 4 is 40.5 Å². The lowest BCUT2D eigenvalue weighted by molar-refractivity contribution is 0.0972. The van der Waals surface area contributed by atoms with Gasteiger partial charge in [0, 0.05) is 16.9 Å². The van der Waals surface area contributed by atoms with Crippen molar-refractivity contribution in [1.29, 1.82) is 0 Å². The van der Waals surface area contributed by atoms with Crippen molar-refractivity contribution in [1.82, 2.24) is 5.32 Å². The van der Waals surface area contributed by atoms with E-state index >= 15 is 0 Å². The minimum Gasteiger partial charge on any atom is -0.332 e. The van der Waals surface area contributed by atoms with Crippen LogP contribution in [0.4, 0.5) is 15.8 Å². The predicted octanol–water partition coefficient (Wildman–Crippen LogP) is 4.51. The van der Waals surface area contributed by atoms with Crippen LogP contribution in [-0.2, 0) is 0 Å². The largest absolute Gasteiger partial charge is 0.332 e. The van der Waals surface area contributed by atoms with E-state index < -0.39 is 11.7 Å². The third-order valence-corrected chi connectivity index (χ3v) is 4.34. The number of hydrogen-bond acceptors (Lipinski definition) is 3. The lowest BCUT2D eigenvalue weighted by atomic mass is 10.1. The Hall–Kier alpha value is -3.58. The molecule has 5 nitrogen and oxygen atoms in total. The van der Waals surface area contributed by atoms with Crippen molar-refractivity contribution in [2.24, 2.45) is 0 Å². The molecule has 0 heterocycles. The second-order valence-corrected chi connectivity index (χ2v) is 6.64. The van der Waals surface area contributed by atoms with Gasteiger partial charge in [0.05, 0.1) is 5.56 Å². The lowest BCUT2D eigenvalue weighted by Crippen LogP contribution is -2.34. The summed E-state index contributed by atoms with van der Waals surface area (Å²) in [6, 6.07) is 19.8. The van der Waals surface area contributed by atoms with E-state index in [1.54, 1.807) is 36.4 Å². The van der Waals surface area contributed by atoms with Gasteiger partial charge in [-0.1, -0.05) is 30.3 Å². The number of carbonyl (C=O) groups is 2. The first-order valence-electron chi connectivity index (χ1n) is 8.78. The number of hydrogen-bond donors (Lipinski definition) is 3. The zero-order chi connectivity index (χ0) is 20.8. The smallest absolute Gasteiger partial charge is 0.260 e. The van der Waals surface area contributed by atoms with Crippen LogP contribution < -0.4 is 16.0 Å². The van der Waals surface area contributed by atoms with Crippen LogP contribution >= 0.6 is 12.2 Å². The van der Waals surface area contributed by atoms with E-state index in [9.17, 15) is 14.0 Å². The van der Waals surface area contributed by atoms with E-state index in [1.165, 1.54) is 18.2 Å². The molecule has 3 N–H and O–H groups in total. The zero-order valence-electron chi connectivity index (χ0n) is 15.5. The molecule has 0 unspecified atom stereocenters. The fraction of sp³-hybridized carbons (Fsp3) is 0.0455. The molecule has 0 saturated heterocycles. The average Bonchev–Trinajstić information content (AvgIpc) is 2.70. The third-order valence-electron chi connectivity index (χ3n) is 4.14. The number of halogens is 1. The van der Waals surface area contributed by atoms with Crippen LogP contribution in [0.15, 0.2) is 72.8 Å². The van der Waals surface area contributed by atoms with Gasteiger partial charge in [0.25, 0.3) is 11.8 Å². The van der Waals surface area contributed by atoms with Gasteiger partial charge in [-0.25, -0.2) is 4.39 Å². The average molecular weight is 407 g/mol. The van der Waals surface area contributed by atoms with E-state index in [0.717, 1.165) is 5.56 Å². The highest BCUT2D eigenvalue weighted by Crippen LogP contribution is 2.16. The molecule has 2 amide bonds. The highest BCUT2D eigenvalue weighted by molar-refractivity contribution is 7.80. The number of nitrogens with one attached hydrogen (secondary N) is 3. The Morgan fingerprint density at radius 2 is 1.31 bits per heavy atom. The summed E-state index contributed by atoms with van der Waals surface area (Å²) in [5.74, 6) is -1.46. The Balaban J connectivity index is 1.58. The van der Waals surface area contributed by atoms with Gasteiger partial charge in [-0.3, -0.25) is 14.9 Å². The van der Waals surface area contributed by atoms with E-state index in [4.69, 9.17) is 12.2 Å². The molecule has 0 aliphatic carbocycles. The fourth-order valence-corrected chi connectivity index (χ4v) is 2.85. The van der Waals surface area contributed by atoms with Crippen molar-refractivity contribution in [3.63, 3.8) is 0 Å². The number of benzene rings is 3. The molecule has 3 rings (SSSR count). The SMILES string of the molecule is Cc1ccccc1C(=O)Nc1ccc(NC(=S)NC(=O)c2ccccc2F)cc1. The number of anilines is 2. The Morgan fingerprint density at radius 1 is 0.759 bits per heavy atom. The molecule has 0 bridgehead atoms. The molecule has 0 atom stereocenters. The first-order valence-corrected chi connectivity index (χ1v) is 9.19.